The van der Waals surface area contributed by atoms with Gasteiger partial charge in [0.15, 0.2) is 11.5 Å². The number of ketones is 1. The molecule has 41 heavy (non-hydrogen) atoms. The maximum absolute atomic E-state index is 13.9. The van der Waals surface area contributed by atoms with Gasteiger partial charge in [-0.3, -0.25) is 9.59 Å². The molecule has 1 fully saturated rings. The predicted octanol–water partition coefficient (Wildman–Crippen LogP) is 2.74. The summed E-state index contributed by atoms with van der Waals surface area (Å²) < 4.78 is 17.2. The molecule has 0 aliphatic carbocycles. The van der Waals surface area contributed by atoms with E-state index in [0.717, 1.165) is 17.7 Å². The van der Waals surface area contributed by atoms with Crippen molar-refractivity contribution in [2.45, 2.75) is 32.9 Å². The summed E-state index contributed by atoms with van der Waals surface area (Å²) in [5, 5.41) is 13.9. The largest absolute Gasteiger partial charge is 0.872 e. The van der Waals surface area contributed by atoms with Crippen LogP contribution in [0.5, 0.6) is 17.2 Å². The Morgan fingerprint density at radius 3 is 2.34 bits per heavy atom. The number of amides is 1. The van der Waals surface area contributed by atoms with Crippen LogP contribution in [-0.2, 0) is 16.2 Å². The summed E-state index contributed by atoms with van der Waals surface area (Å²) in [6.45, 7) is 5.73. The van der Waals surface area contributed by atoms with Gasteiger partial charge in [0.05, 0.1) is 40.4 Å². The first kappa shape index (κ1) is 29.7. The zero-order chi connectivity index (χ0) is 29.5. The van der Waals surface area contributed by atoms with E-state index < -0.39 is 23.5 Å². The Balaban J connectivity index is 1.72. The molecule has 1 atom stereocenters. The van der Waals surface area contributed by atoms with Crippen molar-refractivity contribution in [3.63, 3.8) is 0 Å². The van der Waals surface area contributed by atoms with E-state index in [2.05, 4.69) is 0 Å². The highest BCUT2D eigenvalue weighted by atomic mass is 16.5. The molecule has 1 aliphatic heterocycles. The average Bonchev–Trinajstić information content (AvgIpc) is 3.22. The fraction of sp³-hybridized carbons (Fsp3) is 0.333. The highest BCUT2D eigenvalue weighted by Crippen LogP contribution is 2.41. The lowest BCUT2D eigenvalue weighted by atomic mass is 9.94. The molecule has 3 aromatic carbocycles. The first-order valence-electron chi connectivity index (χ1n) is 13.9. The van der Waals surface area contributed by atoms with E-state index in [9.17, 15) is 14.7 Å². The third-order valence-corrected chi connectivity index (χ3v) is 7.08. The minimum atomic E-state index is -0.835. The molecule has 0 aromatic heterocycles. The minimum Gasteiger partial charge on any atom is -0.872 e. The van der Waals surface area contributed by atoms with Crippen molar-refractivity contribution in [3.05, 3.63) is 94.6 Å². The Morgan fingerprint density at radius 2 is 1.68 bits per heavy atom. The summed E-state index contributed by atoms with van der Waals surface area (Å²) in [5.74, 6) is -0.251. The SMILES string of the molecule is CCOc1ccc(C2C(=C([O-])c3ccc(OCc4ccccc4)c(C)c3)C(=O)C(=O)N2CCC[NH+](C)C)cc1OC. The molecule has 3 aromatic rings. The number of Topliss-reactive ketones (excluding diaryl/α,β-unsaturated/α-hetero) is 1. The number of likely N-dealkylation sites (tertiary alicyclic amines) is 1. The van der Waals surface area contributed by atoms with Gasteiger partial charge in [-0.05, 0) is 60.4 Å². The average molecular weight is 559 g/mol. The van der Waals surface area contributed by atoms with Crippen LogP contribution in [0, 0.1) is 6.92 Å². The number of rotatable bonds is 12. The first-order chi connectivity index (χ1) is 19.7. The molecule has 8 nitrogen and oxygen atoms in total. The summed E-state index contributed by atoms with van der Waals surface area (Å²) in [4.78, 5) is 29.4. The molecule has 0 radical (unpaired) electrons. The smallest absolute Gasteiger partial charge is 0.295 e. The van der Waals surface area contributed by atoms with Gasteiger partial charge >= 0.3 is 0 Å². The second-order valence-electron chi connectivity index (χ2n) is 10.4. The molecule has 4 rings (SSSR count). The van der Waals surface area contributed by atoms with Crippen LogP contribution < -0.4 is 24.2 Å². The van der Waals surface area contributed by atoms with E-state index in [1.807, 2.05) is 58.3 Å². The van der Waals surface area contributed by atoms with Crippen molar-refractivity contribution in [2.24, 2.45) is 0 Å². The van der Waals surface area contributed by atoms with Gasteiger partial charge in [0.2, 0.25) is 5.78 Å². The molecule has 216 valence electrons. The highest BCUT2D eigenvalue weighted by molar-refractivity contribution is 6.46. The van der Waals surface area contributed by atoms with Crippen molar-refractivity contribution in [2.75, 3.05) is 40.9 Å². The third-order valence-electron chi connectivity index (χ3n) is 7.08. The van der Waals surface area contributed by atoms with Gasteiger partial charge in [-0.2, -0.15) is 0 Å². The number of aryl methyl sites for hydroxylation is 1. The Morgan fingerprint density at radius 1 is 0.951 bits per heavy atom. The number of hydrogen-bond acceptors (Lipinski definition) is 6. The first-order valence-corrected chi connectivity index (χ1v) is 13.9. The van der Waals surface area contributed by atoms with Crippen LogP contribution in [0.15, 0.2) is 72.3 Å². The Bertz CT molecular complexity index is 1420. The molecule has 0 bridgehead atoms. The lowest BCUT2D eigenvalue weighted by molar-refractivity contribution is -0.858. The monoisotopic (exact) mass is 558 g/mol. The maximum atomic E-state index is 13.9. The van der Waals surface area contributed by atoms with Gasteiger partial charge in [0.1, 0.15) is 12.4 Å². The standard InChI is InChI=1S/C33H38N2O6/c1-6-40-27-16-13-24(20-28(27)39-5)30-29(32(37)33(38)35(30)18-10-17-34(3)4)31(36)25-14-15-26(22(2)19-25)41-21-23-11-8-7-9-12-23/h7-9,11-16,19-20,30,36H,6,10,17-18,21H2,1-5H3. The molecule has 1 saturated heterocycles. The summed E-state index contributed by atoms with van der Waals surface area (Å²) in [6.07, 6.45) is 0.681. The van der Waals surface area contributed by atoms with Gasteiger partial charge in [0, 0.05) is 18.5 Å². The molecule has 1 unspecified atom stereocenters. The van der Waals surface area contributed by atoms with E-state index in [1.165, 1.54) is 16.9 Å². The normalized spacial score (nSPS) is 16.3. The van der Waals surface area contributed by atoms with E-state index >= 15 is 0 Å². The molecular weight excluding hydrogens is 520 g/mol. The van der Waals surface area contributed by atoms with Crippen molar-refractivity contribution in [1.82, 2.24) is 4.90 Å². The topological polar surface area (TPSA) is 92.6 Å². The number of ether oxygens (including phenoxy) is 3. The molecule has 0 saturated carbocycles. The Kier molecular flexibility index (Phi) is 9.68. The predicted molar refractivity (Wildman–Crippen MR) is 155 cm³/mol. The molecule has 1 heterocycles. The van der Waals surface area contributed by atoms with E-state index in [0.29, 0.717) is 54.6 Å². The summed E-state index contributed by atoms with van der Waals surface area (Å²) in [5.41, 5.74) is 2.67. The maximum Gasteiger partial charge on any atom is 0.295 e. The summed E-state index contributed by atoms with van der Waals surface area (Å²) in [7, 11) is 5.59. The van der Waals surface area contributed by atoms with Crippen LogP contribution in [0.3, 0.4) is 0 Å². The molecule has 8 heteroatoms. The number of carbonyl (C=O) groups excluding carboxylic acids is 2. The second kappa shape index (κ2) is 13.4. The third kappa shape index (κ3) is 6.72. The minimum absolute atomic E-state index is 0.0595. The zero-order valence-corrected chi connectivity index (χ0v) is 24.4. The van der Waals surface area contributed by atoms with Gasteiger partial charge in [-0.1, -0.05) is 48.2 Å². The van der Waals surface area contributed by atoms with Gasteiger partial charge < -0.3 is 29.1 Å². The molecule has 1 aliphatic rings. The van der Waals surface area contributed by atoms with Gasteiger partial charge in [0.25, 0.3) is 5.91 Å². The highest BCUT2D eigenvalue weighted by Gasteiger charge is 2.44. The van der Waals surface area contributed by atoms with E-state index in [4.69, 9.17) is 14.2 Å². The van der Waals surface area contributed by atoms with Crippen LogP contribution in [-0.4, -0.2) is 57.5 Å². The van der Waals surface area contributed by atoms with Crippen molar-refractivity contribution in [1.29, 1.82) is 0 Å². The van der Waals surface area contributed by atoms with Crippen LogP contribution >= 0.6 is 0 Å². The number of nitrogens with zero attached hydrogens (tertiary/aromatic N) is 1. The number of quaternary nitrogens is 1. The van der Waals surface area contributed by atoms with E-state index in [1.54, 1.807) is 36.4 Å². The van der Waals surface area contributed by atoms with Crippen molar-refractivity contribution < 1.29 is 33.8 Å². The second-order valence-corrected chi connectivity index (χ2v) is 10.4. The summed E-state index contributed by atoms with van der Waals surface area (Å²) in [6, 6.07) is 19.3. The zero-order valence-electron chi connectivity index (χ0n) is 24.4. The molecule has 1 N–H and O–H groups in total. The van der Waals surface area contributed by atoms with Crippen LogP contribution in [0.25, 0.3) is 5.76 Å². The van der Waals surface area contributed by atoms with Gasteiger partial charge in [-0.25, -0.2) is 0 Å². The van der Waals surface area contributed by atoms with Gasteiger partial charge in [-0.15, -0.1) is 0 Å². The molecular formula is C33H38N2O6. The van der Waals surface area contributed by atoms with Crippen molar-refractivity contribution >= 4 is 17.4 Å². The number of hydrogen-bond donors (Lipinski definition) is 1. The fourth-order valence-corrected chi connectivity index (χ4v) is 5.02. The van der Waals surface area contributed by atoms with Crippen LogP contribution in [0.2, 0.25) is 0 Å². The van der Waals surface area contributed by atoms with E-state index in [-0.39, 0.29) is 5.57 Å². The quantitative estimate of drug-likeness (QED) is 0.209. The summed E-state index contributed by atoms with van der Waals surface area (Å²) >= 11 is 0. The van der Waals surface area contributed by atoms with Crippen LogP contribution in [0.4, 0.5) is 0 Å². The lowest BCUT2D eigenvalue weighted by Gasteiger charge is -2.28. The number of carbonyl (C=O) groups is 2. The lowest BCUT2D eigenvalue weighted by Crippen LogP contribution is -3.05. The Labute approximate surface area is 241 Å². The molecule has 1 amide bonds. The molecule has 0 spiro atoms. The number of benzene rings is 3. The van der Waals surface area contributed by atoms with Crippen molar-refractivity contribution in [3.8, 4) is 17.2 Å². The fourth-order valence-electron chi connectivity index (χ4n) is 5.02. The number of methoxy groups -OCH3 is 1. The number of nitrogens with one attached hydrogen (secondary N) is 1. The Hall–Kier alpha value is -4.30. The van der Waals surface area contributed by atoms with Crippen LogP contribution in [0.1, 0.15) is 41.6 Å².